The quantitative estimate of drug-likeness (QED) is 0.458. The van der Waals surface area contributed by atoms with Crippen molar-refractivity contribution >= 4 is 29.9 Å². The Bertz CT molecular complexity index is 869. The number of halogens is 2. The number of hydrogen-bond donors (Lipinski definition) is 0. The largest absolute Gasteiger partial charge is 0.725 e. The van der Waals surface area contributed by atoms with Crippen molar-refractivity contribution in [1.29, 1.82) is 0 Å². The molecule has 3 rings (SSSR count). The first-order valence-electron chi connectivity index (χ1n) is 8.40. The lowest BCUT2D eigenvalue weighted by Crippen LogP contribution is -2.38. The molecular weight excluding hydrogens is 323 g/mol. The zero-order valence-electron chi connectivity index (χ0n) is 14.3. The van der Waals surface area contributed by atoms with E-state index in [1.54, 1.807) is 24.3 Å². The van der Waals surface area contributed by atoms with Crippen LogP contribution in [0, 0.1) is 0 Å². The number of nitrogens with zero attached hydrogens (tertiary/aromatic N) is 1. The van der Waals surface area contributed by atoms with Gasteiger partial charge in [0.05, 0.1) is 17.1 Å². The Kier molecular flexibility index (Phi) is 4.88. The van der Waals surface area contributed by atoms with Gasteiger partial charge in [0, 0.05) is 6.08 Å². The second-order valence-electron chi connectivity index (χ2n) is 5.72. The van der Waals surface area contributed by atoms with Crippen molar-refractivity contribution in [2.24, 2.45) is 0 Å². The predicted octanol–water partition coefficient (Wildman–Crippen LogP) is 4.64. The molecular formula is C19H20BF2NO2. The molecule has 130 valence electrons. The van der Waals surface area contributed by atoms with E-state index in [9.17, 15) is 8.63 Å². The van der Waals surface area contributed by atoms with E-state index in [0.717, 1.165) is 23.9 Å². The van der Waals surface area contributed by atoms with Gasteiger partial charge in [-0.3, -0.25) is 0 Å². The van der Waals surface area contributed by atoms with E-state index in [0.29, 0.717) is 5.56 Å². The summed E-state index contributed by atoms with van der Waals surface area (Å²) in [5, 5.41) is 1.76. The van der Waals surface area contributed by atoms with E-state index in [2.05, 4.69) is 18.4 Å². The summed E-state index contributed by atoms with van der Waals surface area (Å²) in [5.41, 5.74) is 0.554. The SMILES string of the molecule is CC[N+](=C/C=C/C=C1/O[B-](F)(F)Oc2ccc3ccccc3c21)CC. The van der Waals surface area contributed by atoms with Gasteiger partial charge in [-0.25, -0.2) is 4.58 Å². The van der Waals surface area contributed by atoms with Crippen molar-refractivity contribution in [3.05, 3.63) is 60.2 Å². The lowest BCUT2D eigenvalue weighted by molar-refractivity contribution is -0.515. The van der Waals surface area contributed by atoms with Gasteiger partial charge in [-0.1, -0.05) is 36.4 Å². The number of benzene rings is 2. The van der Waals surface area contributed by atoms with E-state index in [-0.39, 0.29) is 11.5 Å². The Morgan fingerprint density at radius 2 is 1.76 bits per heavy atom. The van der Waals surface area contributed by atoms with E-state index >= 15 is 0 Å². The van der Waals surface area contributed by atoms with Crippen molar-refractivity contribution in [3.63, 3.8) is 0 Å². The van der Waals surface area contributed by atoms with Crippen LogP contribution in [0.2, 0.25) is 0 Å². The van der Waals surface area contributed by atoms with Crippen LogP contribution in [0.4, 0.5) is 8.63 Å². The maximum Gasteiger partial charge on any atom is 0.725 e. The first-order valence-corrected chi connectivity index (χ1v) is 8.40. The standard InChI is InChI=1S/C19H20BF2NO2/c1-3-23(4-2)14-8-7-11-17-19-16-10-6-5-9-15(16)12-13-18(19)25-20(21,22)24-17/h5-14H,3-4H2,1-2H3/b8-7+,17-11+. The molecule has 2 aromatic carbocycles. The van der Waals surface area contributed by atoms with Crippen LogP contribution < -0.4 is 4.65 Å². The molecule has 0 radical (unpaired) electrons. The summed E-state index contributed by atoms with van der Waals surface area (Å²) in [6.45, 7) is 5.88. The highest BCUT2D eigenvalue weighted by atomic mass is 19.3. The zero-order valence-corrected chi connectivity index (χ0v) is 14.3. The third-order valence-corrected chi connectivity index (χ3v) is 4.13. The molecule has 0 spiro atoms. The third kappa shape index (κ3) is 3.73. The fraction of sp³-hybridized carbons (Fsp3) is 0.211. The van der Waals surface area contributed by atoms with Gasteiger partial charge in [0.2, 0.25) is 0 Å². The molecule has 0 atom stereocenters. The molecule has 0 saturated heterocycles. The summed E-state index contributed by atoms with van der Waals surface area (Å²) in [4.78, 5) is 0. The van der Waals surface area contributed by atoms with E-state index in [1.165, 1.54) is 0 Å². The van der Waals surface area contributed by atoms with Gasteiger partial charge in [0.15, 0.2) is 6.21 Å². The highest BCUT2D eigenvalue weighted by Crippen LogP contribution is 2.41. The van der Waals surface area contributed by atoms with Crippen LogP contribution in [0.3, 0.4) is 0 Å². The Labute approximate surface area is 146 Å². The van der Waals surface area contributed by atoms with Gasteiger partial charge in [0.1, 0.15) is 13.1 Å². The fourth-order valence-electron chi connectivity index (χ4n) is 2.85. The first-order chi connectivity index (χ1) is 12.0. The lowest BCUT2D eigenvalue weighted by Gasteiger charge is -2.36. The van der Waals surface area contributed by atoms with E-state index in [1.807, 2.05) is 36.6 Å². The van der Waals surface area contributed by atoms with Crippen molar-refractivity contribution in [2.75, 3.05) is 13.1 Å². The molecule has 0 saturated carbocycles. The van der Waals surface area contributed by atoms with Gasteiger partial charge in [0.25, 0.3) is 0 Å². The number of rotatable bonds is 4. The van der Waals surface area contributed by atoms with Crippen LogP contribution in [0.15, 0.2) is 54.6 Å². The Morgan fingerprint density at radius 1 is 1.00 bits per heavy atom. The first kappa shape index (κ1) is 17.2. The Hall–Kier alpha value is -2.63. The van der Waals surface area contributed by atoms with Crippen LogP contribution >= 0.6 is 0 Å². The van der Waals surface area contributed by atoms with Crippen molar-refractivity contribution in [3.8, 4) is 5.75 Å². The summed E-state index contributed by atoms with van der Waals surface area (Å²) in [5.74, 6) is 0.259. The minimum absolute atomic E-state index is 0.118. The molecule has 0 aromatic heterocycles. The van der Waals surface area contributed by atoms with Crippen LogP contribution in [0.1, 0.15) is 19.4 Å². The summed E-state index contributed by atoms with van der Waals surface area (Å²) >= 11 is 0. The number of allylic oxidation sites excluding steroid dienone is 3. The Morgan fingerprint density at radius 3 is 2.52 bits per heavy atom. The molecule has 0 N–H and O–H groups in total. The zero-order chi connectivity index (χ0) is 17.9. The van der Waals surface area contributed by atoms with Crippen molar-refractivity contribution in [1.82, 2.24) is 0 Å². The predicted molar refractivity (Wildman–Crippen MR) is 98.2 cm³/mol. The summed E-state index contributed by atoms with van der Waals surface area (Å²) in [6.07, 6.45) is 7.00. The Balaban J connectivity index is 2.05. The maximum atomic E-state index is 13.8. The molecule has 0 fully saturated rings. The van der Waals surface area contributed by atoms with E-state index < -0.39 is 7.11 Å². The van der Waals surface area contributed by atoms with Crippen LogP contribution in [0.5, 0.6) is 5.75 Å². The average Bonchev–Trinajstić information content (AvgIpc) is 2.60. The van der Waals surface area contributed by atoms with Gasteiger partial charge in [-0.15, -0.1) is 0 Å². The van der Waals surface area contributed by atoms with Gasteiger partial charge < -0.3 is 17.9 Å². The third-order valence-electron chi connectivity index (χ3n) is 4.13. The molecule has 1 aliphatic rings. The summed E-state index contributed by atoms with van der Waals surface area (Å²) < 4.78 is 39.4. The lowest BCUT2D eigenvalue weighted by atomic mass is 9.97. The molecule has 3 nitrogen and oxygen atoms in total. The minimum Gasteiger partial charge on any atom is -0.627 e. The minimum atomic E-state index is -4.37. The maximum absolute atomic E-state index is 13.8. The molecule has 6 heteroatoms. The molecule has 0 amide bonds. The highest BCUT2D eigenvalue weighted by Gasteiger charge is 2.39. The van der Waals surface area contributed by atoms with E-state index in [4.69, 9.17) is 9.31 Å². The molecule has 0 unspecified atom stereocenters. The van der Waals surface area contributed by atoms with Crippen molar-refractivity contribution < 1.29 is 22.5 Å². The molecule has 1 aliphatic heterocycles. The molecule has 2 aromatic rings. The fourth-order valence-corrected chi connectivity index (χ4v) is 2.85. The average molecular weight is 343 g/mol. The normalized spacial score (nSPS) is 17.2. The molecule has 1 heterocycles. The number of hydrogen-bond acceptors (Lipinski definition) is 2. The monoisotopic (exact) mass is 343 g/mol. The van der Waals surface area contributed by atoms with Crippen LogP contribution in [-0.4, -0.2) is 31.0 Å². The number of fused-ring (bicyclic) bond motifs is 3. The van der Waals surface area contributed by atoms with Crippen molar-refractivity contribution in [2.45, 2.75) is 13.8 Å². The topological polar surface area (TPSA) is 21.5 Å². The summed E-state index contributed by atoms with van der Waals surface area (Å²) in [6, 6.07) is 10.9. The van der Waals surface area contributed by atoms with Crippen LogP contribution in [0.25, 0.3) is 16.5 Å². The van der Waals surface area contributed by atoms with Gasteiger partial charge >= 0.3 is 7.11 Å². The summed E-state index contributed by atoms with van der Waals surface area (Å²) in [7, 11) is -4.37. The second-order valence-corrected chi connectivity index (χ2v) is 5.72. The second kappa shape index (κ2) is 7.09. The smallest absolute Gasteiger partial charge is 0.627 e. The highest BCUT2D eigenvalue weighted by molar-refractivity contribution is 6.54. The van der Waals surface area contributed by atoms with Crippen LogP contribution in [-0.2, 0) is 4.65 Å². The van der Waals surface area contributed by atoms with Gasteiger partial charge in [-0.2, -0.15) is 0 Å². The molecule has 0 bridgehead atoms. The van der Waals surface area contributed by atoms with Gasteiger partial charge in [-0.05, 0) is 36.8 Å². The molecule has 25 heavy (non-hydrogen) atoms. The molecule has 0 aliphatic carbocycles.